The molecule has 0 spiro atoms. The maximum absolute atomic E-state index is 13.2. The van der Waals surface area contributed by atoms with Crippen molar-refractivity contribution in [3.8, 4) is 0 Å². The van der Waals surface area contributed by atoms with E-state index < -0.39 is 17.7 Å². The summed E-state index contributed by atoms with van der Waals surface area (Å²) in [5.41, 5.74) is 1.47. The highest BCUT2D eigenvalue weighted by Gasteiger charge is 2.14. The van der Waals surface area contributed by atoms with Gasteiger partial charge in [-0.15, -0.1) is 0 Å². The molecule has 0 bridgehead atoms. The number of esters is 1. The van der Waals surface area contributed by atoms with Crippen LogP contribution in [0.5, 0.6) is 0 Å². The first-order valence-electron chi connectivity index (χ1n) is 6.37. The minimum absolute atomic E-state index is 0.153. The summed E-state index contributed by atoms with van der Waals surface area (Å²) in [5.74, 6) is -1.52. The van der Waals surface area contributed by atoms with Gasteiger partial charge in [-0.05, 0) is 42.8 Å². The SMILES string of the molecule is COC(=O)c1ccc(NC(=O)c2cc(F)ccc2C)cc1Cl. The Hall–Kier alpha value is -2.40. The van der Waals surface area contributed by atoms with Crippen molar-refractivity contribution >= 4 is 29.2 Å². The lowest BCUT2D eigenvalue weighted by Gasteiger charge is -2.09. The van der Waals surface area contributed by atoms with Crippen molar-refractivity contribution in [1.29, 1.82) is 0 Å². The number of halogens is 2. The summed E-state index contributed by atoms with van der Waals surface area (Å²) in [6, 6.07) is 8.37. The molecular formula is C16H13ClFNO3. The average Bonchev–Trinajstić information content (AvgIpc) is 2.49. The van der Waals surface area contributed by atoms with Crippen molar-refractivity contribution in [3.05, 3.63) is 63.9 Å². The lowest BCUT2D eigenvalue weighted by Crippen LogP contribution is -2.14. The monoisotopic (exact) mass is 321 g/mol. The number of methoxy groups -OCH3 is 1. The van der Waals surface area contributed by atoms with Gasteiger partial charge in [0.05, 0.1) is 17.7 Å². The second kappa shape index (κ2) is 6.58. The molecule has 1 N–H and O–H groups in total. The van der Waals surface area contributed by atoms with E-state index in [1.54, 1.807) is 6.92 Å². The Bertz CT molecular complexity index is 746. The molecule has 2 aromatic rings. The van der Waals surface area contributed by atoms with E-state index in [4.69, 9.17) is 11.6 Å². The van der Waals surface area contributed by atoms with Crippen LogP contribution in [0.25, 0.3) is 0 Å². The molecule has 22 heavy (non-hydrogen) atoms. The summed E-state index contributed by atoms with van der Waals surface area (Å²) in [4.78, 5) is 23.6. The number of aryl methyl sites for hydroxylation is 1. The number of carbonyl (C=O) groups is 2. The summed E-state index contributed by atoms with van der Waals surface area (Å²) >= 11 is 5.98. The number of amides is 1. The van der Waals surface area contributed by atoms with E-state index in [2.05, 4.69) is 10.1 Å². The number of anilines is 1. The minimum Gasteiger partial charge on any atom is -0.465 e. The molecule has 0 saturated carbocycles. The van der Waals surface area contributed by atoms with Crippen LogP contribution in [0.15, 0.2) is 36.4 Å². The molecular weight excluding hydrogens is 309 g/mol. The number of hydrogen-bond donors (Lipinski definition) is 1. The number of benzene rings is 2. The van der Waals surface area contributed by atoms with Gasteiger partial charge < -0.3 is 10.1 Å². The van der Waals surface area contributed by atoms with Crippen LogP contribution < -0.4 is 5.32 Å². The number of rotatable bonds is 3. The van der Waals surface area contributed by atoms with E-state index in [1.807, 2.05) is 0 Å². The molecule has 114 valence electrons. The quantitative estimate of drug-likeness (QED) is 0.874. The van der Waals surface area contributed by atoms with E-state index >= 15 is 0 Å². The van der Waals surface area contributed by atoms with Crippen LogP contribution in [-0.4, -0.2) is 19.0 Å². The predicted octanol–water partition coefficient (Wildman–Crippen LogP) is 3.83. The fourth-order valence-corrected chi connectivity index (χ4v) is 2.16. The predicted molar refractivity (Wildman–Crippen MR) is 81.9 cm³/mol. The molecule has 4 nitrogen and oxygen atoms in total. The van der Waals surface area contributed by atoms with E-state index in [0.717, 1.165) is 6.07 Å². The Balaban J connectivity index is 2.24. The highest BCUT2D eigenvalue weighted by molar-refractivity contribution is 6.34. The summed E-state index contributed by atoms with van der Waals surface area (Å²) < 4.78 is 17.8. The normalized spacial score (nSPS) is 10.2. The lowest BCUT2D eigenvalue weighted by atomic mass is 10.1. The molecule has 0 unspecified atom stereocenters. The maximum Gasteiger partial charge on any atom is 0.339 e. The molecule has 0 heterocycles. The zero-order valence-corrected chi connectivity index (χ0v) is 12.7. The van der Waals surface area contributed by atoms with Crippen molar-refractivity contribution < 1.29 is 18.7 Å². The van der Waals surface area contributed by atoms with Crippen molar-refractivity contribution in [2.75, 3.05) is 12.4 Å². The summed E-state index contributed by atoms with van der Waals surface area (Å²) in [6.45, 7) is 1.71. The highest BCUT2D eigenvalue weighted by Crippen LogP contribution is 2.22. The van der Waals surface area contributed by atoms with Crippen LogP contribution in [0.4, 0.5) is 10.1 Å². The molecule has 0 saturated heterocycles. The van der Waals surface area contributed by atoms with E-state index in [0.29, 0.717) is 11.3 Å². The molecule has 0 aliphatic heterocycles. The fraction of sp³-hybridized carbons (Fsp3) is 0.125. The van der Waals surface area contributed by atoms with Gasteiger partial charge in [-0.2, -0.15) is 0 Å². The Morgan fingerprint density at radius 3 is 2.50 bits per heavy atom. The second-order valence-electron chi connectivity index (χ2n) is 4.60. The average molecular weight is 322 g/mol. The van der Waals surface area contributed by atoms with Gasteiger partial charge in [-0.1, -0.05) is 17.7 Å². The lowest BCUT2D eigenvalue weighted by molar-refractivity contribution is 0.0601. The van der Waals surface area contributed by atoms with Gasteiger partial charge in [0.25, 0.3) is 5.91 Å². The van der Waals surface area contributed by atoms with Crippen LogP contribution >= 0.6 is 11.6 Å². The van der Waals surface area contributed by atoms with E-state index in [-0.39, 0.29) is 16.1 Å². The number of hydrogen-bond acceptors (Lipinski definition) is 3. The Labute approximate surface area is 131 Å². The van der Waals surface area contributed by atoms with Gasteiger partial charge >= 0.3 is 5.97 Å². The largest absolute Gasteiger partial charge is 0.465 e. The Morgan fingerprint density at radius 2 is 1.86 bits per heavy atom. The van der Waals surface area contributed by atoms with Crippen molar-refractivity contribution in [2.45, 2.75) is 6.92 Å². The Kier molecular flexibility index (Phi) is 4.78. The number of ether oxygens (including phenoxy) is 1. The van der Waals surface area contributed by atoms with Crippen LogP contribution in [0.2, 0.25) is 5.02 Å². The molecule has 2 aromatic carbocycles. The van der Waals surface area contributed by atoms with Gasteiger partial charge in [0.1, 0.15) is 5.82 Å². The van der Waals surface area contributed by atoms with Crippen LogP contribution in [0, 0.1) is 12.7 Å². The van der Waals surface area contributed by atoms with Gasteiger partial charge in [0, 0.05) is 11.3 Å². The van der Waals surface area contributed by atoms with Crippen LogP contribution in [0.3, 0.4) is 0 Å². The zero-order chi connectivity index (χ0) is 16.3. The minimum atomic E-state index is -0.566. The first-order valence-corrected chi connectivity index (χ1v) is 6.75. The standard InChI is InChI=1S/C16H13ClFNO3/c1-9-3-4-10(18)7-13(9)15(20)19-11-5-6-12(14(17)8-11)16(21)22-2/h3-8H,1-2H3,(H,19,20). The molecule has 0 aliphatic carbocycles. The van der Waals surface area contributed by atoms with E-state index in [1.165, 1.54) is 37.4 Å². The third-order valence-corrected chi connectivity index (χ3v) is 3.39. The van der Waals surface area contributed by atoms with Gasteiger partial charge in [-0.25, -0.2) is 9.18 Å². The molecule has 0 aliphatic rings. The summed E-state index contributed by atoms with van der Waals surface area (Å²) in [6.07, 6.45) is 0. The van der Waals surface area contributed by atoms with Gasteiger partial charge in [0.15, 0.2) is 0 Å². The highest BCUT2D eigenvalue weighted by atomic mass is 35.5. The first-order chi connectivity index (χ1) is 10.4. The van der Waals surface area contributed by atoms with Gasteiger partial charge in [-0.3, -0.25) is 4.79 Å². The molecule has 0 radical (unpaired) electrons. The van der Waals surface area contributed by atoms with Gasteiger partial charge in [0.2, 0.25) is 0 Å². The van der Waals surface area contributed by atoms with Crippen molar-refractivity contribution in [2.24, 2.45) is 0 Å². The molecule has 0 atom stereocenters. The second-order valence-corrected chi connectivity index (χ2v) is 5.01. The smallest absolute Gasteiger partial charge is 0.339 e. The topological polar surface area (TPSA) is 55.4 Å². The third kappa shape index (κ3) is 3.43. The molecule has 6 heteroatoms. The number of nitrogens with one attached hydrogen (secondary N) is 1. The molecule has 1 amide bonds. The molecule has 0 fully saturated rings. The molecule has 0 aromatic heterocycles. The maximum atomic E-state index is 13.2. The Morgan fingerprint density at radius 1 is 1.14 bits per heavy atom. The van der Waals surface area contributed by atoms with Crippen molar-refractivity contribution in [3.63, 3.8) is 0 Å². The number of carbonyl (C=O) groups excluding carboxylic acids is 2. The van der Waals surface area contributed by atoms with Crippen molar-refractivity contribution in [1.82, 2.24) is 0 Å². The van der Waals surface area contributed by atoms with E-state index in [9.17, 15) is 14.0 Å². The zero-order valence-electron chi connectivity index (χ0n) is 11.9. The fourth-order valence-electron chi connectivity index (χ4n) is 1.91. The summed E-state index contributed by atoms with van der Waals surface area (Å²) in [5, 5.41) is 2.76. The van der Waals surface area contributed by atoms with Crippen LogP contribution in [0.1, 0.15) is 26.3 Å². The first kappa shape index (κ1) is 16.0. The van der Waals surface area contributed by atoms with Crippen LogP contribution in [-0.2, 0) is 4.74 Å². The summed E-state index contributed by atoms with van der Waals surface area (Å²) in [7, 11) is 1.25. The third-order valence-electron chi connectivity index (χ3n) is 3.08. The molecule has 2 rings (SSSR count).